The minimum absolute atomic E-state index is 0.0297. The van der Waals surface area contributed by atoms with Crippen molar-refractivity contribution in [3.63, 3.8) is 0 Å². The maximum atomic E-state index is 12.0. The second-order valence-electron chi connectivity index (χ2n) is 4.44. The van der Waals surface area contributed by atoms with E-state index < -0.39 is 12.8 Å². The number of nitrogens with zero attached hydrogens (tertiary/aromatic N) is 2. The largest absolute Gasteiger partial charge is 0.411 e. The number of nitrogens with two attached hydrogens (primary N) is 1. The normalized spacial score (nSPS) is 13.0. The molecular weight excluding hydrogens is 287 g/mol. The fraction of sp³-hybridized carbons (Fsp3) is 0.308. The summed E-state index contributed by atoms with van der Waals surface area (Å²) in [6.07, 6.45) is -2.57. The molecule has 0 aliphatic heterocycles. The summed E-state index contributed by atoms with van der Waals surface area (Å²) in [6.45, 7) is -1.04. The number of aromatic nitrogens is 1. The highest BCUT2D eigenvalue weighted by Gasteiger charge is 2.27. The van der Waals surface area contributed by atoms with Crippen molar-refractivity contribution in [2.24, 2.45) is 10.9 Å². The van der Waals surface area contributed by atoms with E-state index in [0.29, 0.717) is 5.56 Å². The molecule has 1 aromatic carbocycles. The summed E-state index contributed by atoms with van der Waals surface area (Å²) in [6, 6.07) is 7.01. The summed E-state index contributed by atoms with van der Waals surface area (Å²) >= 11 is 0. The molecule has 0 spiro atoms. The van der Waals surface area contributed by atoms with E-state index in [4.69, 9.17) is 10.9 Å². The van der Waals surface area contributed by atoms with Gasteiger partial charge in [-0.25, -0.2) is 0 Å². The van der Waals surface area contributed by atoms with E-state index in [1.807, 2.05) is 6.07 Å². The van der Waals surface area contributed by atoms with Crippen molar-refractivity contribution >= 4 is 16.7 Å². The van der Waals surface area contributed by atoms with Gasteiger partial charge in [-0.2, -0.15) is 13.2 Å². The second kappa shape index (κ2) is 6.04. The third kappa shape index (κ3) is 3.88. The summed E-state index contributed by atoms with van der Waals surface area (Å²) in [5.41, 5.74) is 6.82. The van der Waals surface area contributed by atoms with Crippen molar-refractivity contribution in [3.8, 4) is 0 Å². The first kappa shape index (κ1) is 15.2. The van der Waals surface area contributed by atoms with Crippen molar-refractivity contribution < 1.29 is 23.1 Å². The van der Waals surface area contributed by atoms with Crippen molar-refractivity contribution in [3.05, 3.63) is 36.0 Å². The third-order valence-electron chi connectivity index (χ3n) is 2.92. The molecule has 21 heavy (non-hydrogen) atoms. The molecule has 0 saturated heterocycles. The molecule has 8 heteroatoms. The molecule has 0 saturated carbocycles. The zero-order chi connectivity index (χ0) is 15.5. The van der Waals surface area contributed by atoms with Crippen LogP contribution in [0.4, 0.5) is 13.2 Å². The lowest BCUT2D eigenvalue weighted by molar-refractivity contribution is -0.174. The van der Waals surface area contributed by atoms with Gasteiger partial charge in [0.1, 0.15) is 6.61 Å². The number of amidine groups is 1. The topological polar surface area (TPSA) is 72.8 Å². The first-order chi connectivity index (χ1) is 9.90. The average molecular weight is 301 g/mol. The number of fused-ring (bicyclic) bond motifs is 1. The lowest BCUT2D eigenvalue weighted by Gasteiger charge is -2.09. The molecule has 0 aliphatic carbocycles. The quantitative estimate of drug-likeness (QED) is 0.293. The minimum Gasteiger partial charge on any atom is -0.409 e. The van der Waals surface area contributed by atoms with Gasteiger partial charge in [0.15, 0.2) is 5.84 Å². The molecule has 114 valence electrons. The van der Waals surface area contributed by atoms with Gasteiger partial charge < -0.3 is 20.2 Å². The van der Waals surface area contributed by atoms with Crippen LogP contribution in [-0.4, -0.2) is 35.0 Å². The molecule has 0 aliphatic rings. The molecule has 3 N–H and O–H groups in total. The number of halogens is 3. The van der Waals surface area contributed by atoms with E-state index in [1.165, 1.54) is 0 Å². The zero-order valence-electron chi connectivity index (χ0n) is 11.0. The van der Waals surface area contributed by atoms with Gasteiger partial charge in [-0.15, -0.1) is 0 Å². The Bertz CT molecular complexity index is 650. The Labute approximate surface area is 118 Å². The van der Waals surface area contributed by atoms with E-state index in [1.54, 1.807) is 29.0 Å². The Kier molecular flexibility index (Phi) is 4.37. The minimum atomic E-state index is -4.32. The van der Waals surface area contributed by atoms with Crippen LogP contribution in [-0.2, 0) is 11.3 Å². The Morgan fingerprint density at radius 3 is 2.76 bits per heavy atom. The molecule has 5 nitrogen and oxygen atoms in total. The van der Waals surface area contributed by atoms with Gasteiger partial charge in [0.2, 0.25) is 0 Å². The maximum Gasteiger partial charge on any atom is 0.411 e. The first-order valence-electron chi connectivity index (χ1n) is 6.12. The highest BCUT2D eigenvalue weighted by molar-refractivity contribution is 6.00. The Morgan fingerprint density at radius 2 is 2.10 bits per heavy atom. The highest BCUT2D eigenvalue weighted by atomic mass is 19.4. The molecule has 1 aromatic heterocycles. The molecule has 2 rings (SSSR count). The van der Waals surface area contributed by atoms with Gasteiger partial charge in [0, 0.05) is 23.8 Å². The third-order valence-corrected chi connectivity index (χ3v) is 2.92. The molecule has 0 amide bonds. The van der Waals surface area contributed by atoms with Crippen molar-refractivity contribution in [1.82, 2.24) is 4.57 Å². The van der Waals surface area contributed by atoms with Crippen LogP contribution in [0, 0.1) is 0 Å². The smallest absolute Gasteiger partial charge is 0.409 e. The van der Waals surface area contributed by atoms with E-state index in [-0.39, 0.29) is 19.0 Å². The highest BCUT2D eigenvalue weighted by Crippen LogP contribution is 2.18. The van der Waals surface area contributed by atoms with Crippen LogP contribution in [0.1, 0.15) is 5.56 Å². The predicted molar refractivity (Wildman–Crippen MR) is 71.3 cm³/mol. The maximum absolute atomic E-state index is 12.0. The van der Waals surface area contributed by atoms with Gasteiger partial charge in [0.25, 0.3) is 0 Å². The van der Waals surface area contributed by atoms with Gasteiger partial charge in [-0.3, -0.25) is 0 Å². The number of rotatable bonds is 5. The first-order valence-corrected chi connectivity index (χ1v) is 6.12. The van der Waals surface area contributed by atoms with Crippen LogP contribution in [0.25, 0.3) is 10.9 Å². The lowest BCUT2D eigenvalue weighted by atomic mass is 10.1. The second-order valence-corrected chi connectivity index (χ2v) is 4.44. The van der Waals surface area contributed by atoms with Crippen molar-refractivity contribution in [2.75, 3.05) is 13.2 Å². The Balaban J connectivity index is 2.10. The summed E-state index contributed by atoms with van der Waals surface area (Å²) in [5.74, 6) is -0.0297. The van der Waals surface area contributed by atoms with Crippen LogP contribution in [0.3, 0.4) is 0 Å². The number of oxime groups is 1. The van der Waals surface area contributed by atoms with Crippen LogP contribution in [0.5, 0.6) is 0 Å². The Hall–Kier alpha value is -2.22. The summed E-state index contributed by atoms with van der Waals surface area (Å²) in [4.78, 5) is 0. The van der Waals surface area contributed by atoms with Crippen molar-refractivity contribution in [1.29, 1.82) is 0 Å². The fourth-order valence-corrected chi connectivity index (χ4v) is 1.95. The van der Waals surface area contributed by atoms with Crippen LogP contribution >= 0.6 is 0 Å². The average Bonchev–Trinajstić information content (AvgIpc) is 2.84. The molecule has 0 fully saturated rings. The van der Waals surface area contributed by atoms with Crippen molar-refractivity contribution in [2.45, 2.75) is 12.7 Å². The summed E-state index contributed by atoms with van der Waals surface area (Å²) < 4.78 is 42.3. The molecule has 0 unspecified atom stereocenters. The van der Waals surface area contributed by atoms with E-state index in [0.717, 1.165) is 10.9 Å². The molecule has 0 radical (unpaired) electrons. The molecule has 0 atom stereocenters. The zero-order valence-corrected chi connectivity index (χ0v) is 11.0. The van der Waals surface area contributed by atoms with Crippen LogP contribution in [0.2, 0.25) is 0 Å². The lowest BCUT2D eigenvalue weighted by Crippen LogP contribution is -2.19. The van der Waals surface area contributed by atoms with Crippen LogP contribution < -0.4 is 5.73 Å². The number of alkyl halides is 3. The number of hydrogen-bond donors (Lipinski definition) is 2. The molecule has 2 aromatic rings. The fourth-order valence-electron chi connectivity index (χ4n) is 1.95. The number of benzene rings is 1. The number of hydrogen-bond acceptors (Lipinski definition) is 3. The molecule has 1 heterocycles. The van der Waals surface area contributed by atoms with Gasteiger partial charge >= 0.3 is 6.18 Å². The van der Waals surface area contributed by atoms with Gasteiger partial charge in [-0.1, -0.05) is 17.3 Å². The Morgan fingerprint density at radius 1 is 1.33 bits per heavy atom. The standard InChI is InChI=1S/C13H14F3N3O2/c14-13(15,16)8-21-6-5-19-4-3-9-1-2-10(7-11(9)19)12(17)18-20/h1-4,7,20H,5-6,8H2,(H2,17,18). The van der Waals surface area contributed by atoms with Crippen LogP contribution in [0.15, 0.2) is 35.6 Å². The van der Waals surface area contributed by atoms with E-state index in [2.05, 4.69) is 9.89 Å². The monoisotopic (exact) mass is 301 g/mol. The van der Waals surface area contributed by atoms with E-state index in [9.17, 15) is 13.2 Å². The molecular formula is C13H14F3N3O2. The number of ether oxygens (including phenoxy) is 1. The summed E-state index contributed by atoms with van der Waals surface area (Å²) in [7, 11) is 0. The van der Waals surface area contributed by atoms with Gasteiger partial charge in [-0.05, 0) is 17.5 Å². The van der Waals surface area contributed by atoms with Gasteiger partial charge in [0.05, 0.1) is 6.61 Å². The predicted octanol–water partition coefficient (Wildman–Crippen LogP) is 2.31. The SMILES string of the molecule is N/C(=N/O)c1ccc2ccn(CCOCC(F)(F)F)c2c1. The summed E-state index contributed by atoms with van der Waals surface area (Å²) in [5, 5.41) is 12.5. The molecule has 0 bridgehead atoms. The van der Waals surface area contributed by atoms with E-state index >= 15 is 0 Å².